The van der Waals surface area contributed by atoms with Crippen LogP contribution in [0.3, 0.4) is 0 Å². The molecule has 280 valence electrons. The number of esters is 1. The Morgan fingerprint density at radius 2 is 1.33 bits per heavy atom. The number of carbonyl (C=O) groups is 1. The van der Waals surface area contributed by atoms with E-state index in [2.05, 4.69) is 126 Å². The number of unbranched alkanes of at least 4 members (excludes halogenated alkanes) is 1. The van der Waals surface area contributed by atoms with Crippen LogP contribution in [0, 0.1) is 28.6 Å². The normalized spacial score (nSPS) is 15.6. The number of hydrogen-bond donors (Lipinski definition) is 1. The summed E-state index contributed by atoms with van der Waals surface area (Å²) in [5.74, 6) is 0.292. The van der Waals surface area contributed by atoms with Gasteiger partial charge < -0.3 is 19.0 Å². The lowest BCUT2D eigenvalue weighted by molar-refractivity contribution is -0.159. The summed E-state index contributed by atoms with van der Waals surface area (Å²) in [6.45, 7) is 21.4. The minimum Gasteiger partial charge on any atom is -0.465 e. The lowest BCUT2D eigenvalue weighted by Gasteiger charge is -2.47. The van der Waals surface area contributed by atoms with Crippen molar-refractivity contribution in [2.45, 2.75) is 99.6 Å². The van der Waals surface area contributed by atoms with E-state index in [1.54, 1.807) is 0 Å². The van der Waals surface area contributed by atoms with Gasteiger partial charge >= 0.3 is 5.97 Å². The highest BCUT2D eigenvalue weighted by molar-refractivity contribution is 6.99. The van der Waals surface area contributed by atoms with Crippen LogP contribution in [0.1, 0.15) is 93.6 Å². The van der Waals surface area contributed by atoms with E-state index in [-0.39, 0.29) is 42.0 Å². The first-order chi connectivity index (χ1) is 24.2. The SMILES string of the molecule is C/C=C/[C@H](CO[Si](c1ccccc1)(c1ccccc1)C(C)(C)C)[C@](CCCCO)(COC(=O)C(C)(C)C)C[C@H](C)[C@@H](C)COCc1ccccc1. The third kappa shape index (κ3) is 11.7. The molecule has 6 heteroatoms. The number of carbonyl (C=O) groups excluding carboxylic acids is 1. The zero-order valence-electron chi connectivity index (χ0n) is 33.0. The van der Waals surface area contributed by atoms with Crippen LogP contribution in [0.2, 0.25) is 5.04 Å². The molecule has 0 aliphatic rings. The first-order valence-corrected chi connectivity index (χ1v) is 20.9. The van der Waals surface area contributed by atoms with Crippen molar-refractivity contribution in [2.24, 2.45) is 28.6 Å². The van der Waals surface area contributed by atoms with E-state index in [1.165, 1.54) is 15.9 Å². The summed E-state index contributed by atoms with van der Waals surface area (Å²) in [6.07, 6.45) is 7.55. The number of aliphatic hydroxyl groups excluding tert-OH is 1. The predicted octanol–water partition coefficient (Wildman–Crippen LogP) is 9.37. The van der Waals surface area contributed by atoms with Crippen molar-refractivity contribution >= 4 is 24.7 Å². The van der Waals surface area contributed by atoms with Crippen molar-refractivity contribution in [3.63, 3.8) is 0 Å². The highest BCUT2D eigenvalue weighted by atomic mass is 28.4. The van der Waals surface area contributed by atoms with Crippen LogP contribution in [-0.4, -0.2) is 45.8 Å². The third-order valence-corrected chi connectivity index (χ3v) is 15.5. The van der Waals surface area contributed by atoms with Crippen molar-refractivity contribution in [2.75, 3.05) is 26.4 Å². The van der Waals surface area contributed by atoms with Gasteiger partial charge in [-0.1, -0.05) is 144 Å². The summed E-state index contributed by atoms with van der Waals surface area (Å²) < 4.78 is 20.1. The number of benzene rings is 3. The molecule has 0 amide bonds. The second kappa shape index (κ2) is 19.7. The summed E-state index contributed by atoms with van der Waals surface area (Å²) in [4.78, 5) is 13.4. The Morgan fingerprint density at radius 3 is 1.82 bits per heavy atom. The molecule has 0 unspecified atom stereocenters. The fraction of sp³-hybridized carbons (Fsp3) is 0.533. The van der Waals surface area contributed by atoms with E-state index in [0.29, 0.717) is 26.2 Å². The Labute approximate surface area is 311 Å². The first-order valence-electron chi connectivity index (χ1n) is 19.0. The lowest BCUT2D eigenvalue weighted by atomic mass is 9.66. The van der Waals surface area contributed by atoms with Gasteiger partial charge in [-0.05, 0) is 79.8 Å². The van der Waals surface area contributed by atoms with Gasteiger partial charge in [-0.3, -0.25) is 4.79 Å². The molecule has 0 bridgehead atoms. The van der Waals surface area contributed by atoms with Crippen molar-refractivity contribution in [1.82, 2.24) is 0 Å². The van der Waals surface area contributed by atoms with Gasteiger partial charge in [0.15, 0.2) is 0 Å². The molecule has 4 atom stereocenters. The summed E-state index contributed by atoms with van der Waals surface area (Å²) in [5, 5.41) is 12.2. The Kier molecular flexibility index (Phi) is 16.4. The minimum atomic E-state index is -2.85. The topological polar surface area (TPSA) is 65.0 Å². The molecule has 0 saturated heterocycles. The fourth-order valence-corrected chi connectivity index (χ4v) is 11.9. The van der Waals surface area contributed by atoms with E-state index in [0.717, 1.165) is 19.3 Å². The maximum Gasteiger partial charge on any atom is 0.311 e. The Bertz CT molecular complexity index is 1410. The van der Waals surface area contributed by atoms with Gasteiger partial charge in [-0.15, -0.1) is 0 Å². The highest BCUT2D eigenvalue weighted by Gasteiger charge is 2.51. The zero-order chi connectivity index (χ0) is 37.5. The van der Waals surface area contributed by atoms with E-state index >= 15 is 0 Å². The largest absolute Gasteiger partial charge is 0.465 e. The van der Waals surface area contributed by atoms with Crippen LogP contribution in [-0.2, 0) is 25.3 Å². The second-order valence-electron chi connectivity index (χ2n) is 16.6. The van der Waals surface area contributed by atoms with Crippen molar-refractivity contribution in [3.05, 3.63) is 109 Å². The molecule has 0 spiro atoms. The highest BCUT2D eigenvalue weighted by Crippen LogP contribution is 2.45. The maximum absolute atomic E-state index is 13.4. The summed E-state index contributed by atoms with van der Waals surface area (Å²) in [6, 6.07) is 31.8. The van der Waals surface area contributed by atoms with Crippen LogP contribution in [0.15, 0.2) is 103 Å². The first kappa shape index (κ1) is 42.4. The van der Waals surface area contributed by atoms with Gasteiger partial charge in [0, 0.05) is 31.2 Å². The number of aliphatic hydroxyl groups is 1. The molecule has 0 saturated carbocycles. The van der Waals surface area contributed by atoms with Gasteiger partial charge in [-0.2, -0.15) is 0 Å². The van der Waals surface area contributed by atoms with Crippen LogP contribution in [0.25, 0.3) is 0 Å². The summed E-state index contributed by atoms with van der Waals surface area (Å²) in [7, 11) is -2.85. The molecule has 5 nitrogen and oxygen atoms in total. The van der Waals surface area contributed by atoms with E-state index in [9.17, 15) is 9.90 Å². The molecule has 0 heterocycles. The van der Waals surface area contributed by atoms with Crippen LogP contribution >= 0.6 is 0 Å². The molecule has 3 rings (SSSR count). The van der Waals surface area contributed by atoms with Gasteiger partial charge in [0.25, 0.3) is 8.32 Å². The van der Waals surface area contributed by atoms with Crippen LogP contribution in [0.5, 0.6) is 0 Å². The van der Waals surface area contributed by atoms with E-state index in [4.69, 9.17) is 13.9 Å². The van der Waals surface area contributed by atoms with Crippen molar-refractivity contribution in [1.29, 1.82) is 0 Å². The summed E-state index contributed by atoms with van der Waals surface area (Å²) >= 11 is 0. The molecule has 1 N–H and O–H groups in total. The van der Waals surface area contributed by atoms with Gasteiger partial charge in [-0.25, -0.2) is 0 Å². The van der Waals surface area contributed by atoms with E-state index < -0.39 is 19.1 Å². The average molecular weight is 715 g/mol. The van der Waals surface area contributed by atoms with Gasteiger partial charge in [0.05, 0.1) is 18.6 Å². The molecule has 3 aromatic carbocycles. The van der Waals surface area contributed by atoms with Gasteiger partial charge in [0.2, 0.25) is 0 Å². The van der Waals surface area contributed by atoms with Crippen LogP contribution < -0.4 is 10.4 Å². The lowest BCUT2D eigenvalue weighted by Crippen LogP contribution is -2.67. The zero-order valence-corrected chi connectivity index (χ0v) is 34.0. The van der Waals surface area contributed by atoms with E-state index in [1.807, 2.05) is 39.0 Å². The number of allylic oxidation sites excluding steroid dienone is 1. The fourth-order valence-electron chi connectivity index (χ4n) is 7.28. The molecule has 0 aliphatic carbocycles. The molecule has 0 fully saturated rings. The van der Waals surface area contributed by atoms with Crippen LogP contribution in [0.4, 0.5) is 0 Å². The third-order valence-electron chi connectivity index (χ3n) is 10.5. The molecule has 0 radical (unpaired) electrons. The smallest absolute Gasteiger partial charge is 0.311 e. The Balaban J connectivity index is 2.08. The number of hydrogen-bond acceptors (Lipinski definition) is 5. The summed E-state index contributed by atoms with van der Waals surface area (Å²) in [5.41, 5.74) is 0.113. The second-order valence-corrected chi connectivity index (χ2v) is 20.9. The Hall–Kier alpha value is -3.03. The number of rotatable bonds is 20. The molecule has 51 heavy (non-hydrogen) atoms. The molecular weight excluding hydrogens is 649 g/mol. The maximum atomic E-state index is 13.4. The number of ether oxygens (including phenoxy) is 2. The van der Waals surface area contributed by atoms with Crippen molar-refractivity contribution in [3.8, 4) is 0 Å². The standard InChI is InChI=1S/C45H66O5Si/c1-10-22-39(34-50-51(44(7,8)9,40-25-16-12-17-26-40)41-27-18-13-19-28-41)45(29-20-21-30-46,35-49-42(47)43(4,5)6)31-36(2)37(3)32-48-33-38-23-14-11-15-24-38/h10-19,22-28,36-37,39,46H,20-21,29-35H2,1-9H3/b22-10+/t36-,37-,39+,45-/m0/s1. The Morgan fingerprint density at radius 1 is 0.784 bits per heavy atom. The molecule has 0 aromatic heterocycles. The molecule has 0 aliphatic heterocycles. The molecule has 3 aromatic rings. The predicted molar refractivity (Wildman–Crippen MR) is 215 cm³/mol. The molecular formula is C45H66O5Si. The minimum absolute atomic E-state index is 0.0458. The monoisotopic (exact) mass is 714 g/mol. The van der Waals surface area contributed by atoms with Crippen molar-refractivity contribution < 1.29 is 23.8 Å². The quantitative estimate of drug-likeness (QED) is 0.0547. The average Bonchev–Trinajstić information content (AvgIpc) is 3.10. The van der Waals surface area contributed by atoms with Gasteiger partial charge in [0.1, 0.15) is 0 Å².